The van der Waals surface area contributed by atoms with Gasteiger partial charge in [0, 0.05) is 48.1 Å². The minimum Gasteiger partial charge on any atom is -0.401 e. The number of allylic oxidation sites excluding steroid dienone is 2. The second-order valence-electron chi connectivity index (χ2n) is 7.63. The number of carbonyl (C=O) groups is 2. The zero-order chi connectivity index (χ0) is 26.7. The molecule has 0 radical (unpaired) electrons. The Labute approximate surface area is 223 Å². The van der Waals surface area contributed by atoms with Gasteiger partial charge in [-0.2, -0.15) is 0 Å². The summed E-state index contributed by atoms with van der Waals surface area (Å²) in [4.78, 5) is 33.4. The molecule has 10 nitrogen and oxygen atoms in total. The van der Waals surface area contributed by atoms with E-state index in [0.29, 0.717) is 5.70 Å². The van der Waals surface area contributed by atoms with Crippen LogP contribution in [-0.2, 0) is 4.79 Å². The highest BCUT2D eigenvalue weighted by Gasteiger charge is 2.20. The van der Waals surface area contributed by atoms with Gasteiger partial charge in [0.2, 0.25) is 6.41 Å². The minimum absolute atomic E-state index is 0.113. The number of nitrogens with two attached hydrogens (primary N) is 1. The summed E-state index contributed by atoms with van der Waals surface area (Å²) in [6.45, 7) is 3.30. The van der Waals surface area contributed by atoms with Crippen LogP contribution in [0.5, 0.6) is 0 Å². The Bertz CT molecular complexity index is 1120. The first-order valence-electron chi connectivity index (χ1n) is 10.8. The summed E-state index contributed by atoms with van der Waals surface area (Å²) in [5.74, 6) is -0.496. The third-order valence-corrected chi connectivity index (χ3v) is 6.75. The summed E-state index contributed by atoms with van der Waals surface area (Å²) < 4.78 is 2.17. The fraction of sp³-hybridized carbons (Fsp3) is 0.261. The third kappa shape index (κ3) is 8.83. The van der Waals surface area contributed by atoms with Gasteiger partial charge < -0.3 is 21.8 Å². The number of hydrogen-bond donors (Lipinski definition) is 4. The highest BCUT2D eigenvalue weighted by Crippen LogP contribution is 2.28. The molecule has 1 aliphatic heterocycles. The molecule has 5 N–H and O–H groups in total. The normalized spacial score (nSPS) is 14.5. The number of nitrogens with one attached hydrogen (secondary N) is 3. The molecule has 36 heavy (non-hydrogen) atoms. The number of rotatable bonds is 8. The molecule has 13 heteroatoms. The standard InChI is InChI=1S/C12H15N3O3S.C11H11Cl2N3O/c16-9-13-10-4-6-14(7-5-10)19-12-3-1-2-11(8-12)15(17)18;1-6(15)9(5-14)16-11(17)10-7(12)3-2-4-8(10)13/h1-3,8-10H,4-7H2,(H,13,16);2-5,14H,15H2,1H3,(H,16,17)/b;9-6+,14-5?. The molecule has 1 heterocycles. The van der Waals surface area contributed by atoms with Gasteiger partial charge in [0.1, 0.15) is 0 Å². The van der Waals surface area contributed by atoms with Crippen molar-refractivity contribution in [1.82, 2.24) is 14.9 Å². The largest absolute Gasteiger partial charge is 0.401 e. The van der Waals surface area contributed by atoms with Crippen molar-refractivity contribution in [2.45, 2.75) is 30.7 Å². The molecule has 0 spiro atoms. The monoisotopic (exact) mass is 552 g/mol. The van der Waals surface area contributed by atoms with Crippen molar-refractivity contribution in [3.63, 3.8) is 0 Å². The SMILES string of the molecule is C/C(N)=C(/C=N)NC(=O)c1c(Cl)cccc1Cl.O=CNC1CCN(Sc2cccc([N+](=O)[O-])c2)CC1. The van der Waals surface area contributed by atoms with E-state index in [9.17, 15) is 19.7 Å². The van der Waals surface area contributed by atoms with Crippen LogP contribution in [-0.4, -0.2) is 46.9 Å². The summed E-state index contributed by atoms with van der Waals surface area (Å²) >= 11 is 13.3. The molecule has 1 aliphatic rings. The molecular weight excluding hydrogens is 527 g/mol. The lowest BCUT2D eigenvalue weighted by molar-refractivity contribution is -0.385. The smallest absolute Gasteiger partial charge is 0.270 e. The second kappa shape index (κ2) is 14.4. The van der Waals surface area contributed by atoms with Crippen LogP contribution >= 0.6 is 35.1 Å². The van der Waals surface area contributed by atoms with Crippen LogP contribution in [0.3, 0.4) is 0 Å². The van der Waals surface area contributed by atoms with Crippen molar-refractivity contribution < 1.29 is 14.5 Å². The summed E-state index contributed by atoms with van der Waals surface area (Å²) in [5, 5.41) is 23.6. The van der Waals surface area contributed by atoms with Gasteiger partial charge in [-0.05, 0) is 49.9 Å². The zero-order valence-electron chi connectivity index (χ0n) is 19.4. The van der Waals surface area contributed by atoms with Gasteiger partial charge in [0.25, 0.3) is 11.6 Å². The van der Waals surface area contributed by atoms with Gasteiger partial charge in [-0.15, -0.1) is 0 Å². The number of piperidine rings is 1. The number of halogens is 2. The average molecular weight is 553 g/mol. The van der Waals surface area contributed by atoms with E-state index in [1.165, 1.54) is 18.0 Å². The minimum atomic E-state index is -0.496. The Morgan fingerprint density at radius 2 is 1.83 bits per heavy atom. The molecule has 0 saturated carbocycles. The molecule has 1 fully saturated rings. The molecule has 2 aromatic rings. The quantitative estimate of drug-likeness (QED) is 0.124. The van der Waals surface area contributed by atoms with Gasteiger partial charge in [-0.3, -0.25) is 19.7 Å². The van der Waals surface area contributed by atoms with Gasteiger partial charge in [-0.25, -0.2) is 4.31 Å². The first kappa shape index (κ1) is 29.1. The van der Waals surface area contributed by atoms with Crippen molar-refractivity contribution in [3.05, 3.63) is 79.6 Å². The average Bonchev–Trinajstić information content (AvgIpc) is 2.84. The first-order valence-corrected chi connectivity index (χ1v) is 12.3. The van der Waals surface area contributed by atoms with E-state index in [1.807, 2.05) is 6.07 Å². The molecule has 2 amide bonds. The number of carbonyl (C=O) groups excluding carboxylic acids is 2. The Kier molecular flexibility index (Phi) is 11.7. The fourth-order valence-corrected chi connectivity index (χ4v) is 4.73. The van der Waals surface area contributed by atoms with Gasteiger partial charge in [-0.1, -0.05) is 35.3 Å². The number of benzene rings is 2. The predicted octanol–water partition coefficient (Wildman–Crippen LogP) is 4.38. The molecule has 192 valence electrons. The lowest BCUT2D eigenvalue weighted by Gasteiger charge is -2.30. The maximum absolute atomic E-state index is 11.9. The van der Waals surface area contributed by atoms with Crippen molar-refractivity contribution >= 4 is 59.4 Å². The van der Waals surface area contributed by atoms with Crippen molar-refractivity contribution in [2.24, 2.45) is 5.73 Å². The van der Waals surface area contributed by atoms with Gasteiger partial charge >= 0.3 is 0 Å². The zero-order valence-corrected chi connectivity index (χ0v) is 21.7. The van der Waals surface area contributed by atoms with E-state index in [2.05, 4.69) is 14.9 Å². The first-order chi connectivity index (χ1) is 17.2. The summed E-state index contributed by atoms with van der Waals surface area (Å²) in [6.07, 6.45) is 3.51. The van der Waals surface area contributed by atoms with Crippen molar-refractivity contribution in [1.29, 1.82) is 5.41 Å². The number of non-ortho nitro benzene ring substituents is 1. The number of nitrogens with zero attached hydrogens (tertiary/aromatic N) is 2. The predicted molar refractivity (Wildman–Crippen MR) is 142 cm³/mol. The van der Waals surface area contributed by atoms with Crippen LogP contribution < -0.4 is 16.4 Å². The Morgan fingerprint density at radius 3 is 2.36 bits per heavy atom. The molecule has 0 atom stereocenters. The Morgan fingerprint density at radius 1 is 1.22 bits per heavy atom. The topological polar surface area (TPSA) is 154 Å². The van der Waals surface area contributed by atoms with Gasteiger partial charge in [0.05, 0.1) is 26.2 Å². The maximum Gasteiger partial charge on any atom is 0.270 e. The highest BCUT2D eigenvalue weighted by molar-refractivity contribution is 7.97. The van der Waals surface area contributed by atoms with E-state index in [1.54, 1.807) is 37.3 Å². The second-order valence-corrected chi connectivity index (χ2v) is 9.61. The number of amides is 2. The van der Waals surface area contributed by atoms with Crippen LogP contribution in [0.4, 0.5) is 5.69 Å². The third-order valence-electron chi connectivity index (χ3n) is 5.03. The molecule has 1 saturated heterocycles. The molecule has 0 aliphatic carbocycles. The number of nitro benzene ring substituents is 1. The van der Waals surface area contributed by atoms with E-state index in [-0.39, 0.29) is 38.0 Å². The fourth-order valence-electron chi connectivity index (χ4n) is 3.16. The lowest BCUT2D eigenvalue weighted by atomic mass is 10.1. The summed E-state index contributed by atoms with van der Waals surface area (Å²) in [7, 11) is 0. The highest BCUT2D eigenvalue weighted by atomic mass is 35.5. The van der Waals surface area contributed by atoms with E-state index >= 15 is 0 Å². The molecule has 2 aromatic carbocycles. The van der Waals surface area contributed by atoms with E-state index in [0.717, 1.165) is 43.5 Å². The summed E-state index contributed by atoms with van der Waals surface area (Å²) in [6, 6.07) is 11.7. The Hall–Kier alpha value is -3.12. The summed E-state index contributed by atoms with van der Waals surface area (Å²) in [5.41, 5.74) is 6.32. The molecule has 0 aromatic heterocycles. The van der Waals surface area contributed by atoms with Crippen LogP contribution in [0.15, 0.2) is 58.8 Å². The van der Waals surface area contributed by atoms with Crippen LogP contribution in [0.2, 0.25) is 10.0 Å². The molecule has 0 bridgehead atoms. The number of hydrogen-bond acceptors (Lipinski definition) is 8. The van der Waals surface area contributed by atoms with Crippen LogP contribution in [0, 0.1) is 15.5 Å². The molecule has 3 rings (SSSR count). The lowest BCUT2D eigenvalue weighted by Crippen LogP contribution is -2.39. The maximum atomic E-state index is 11.9. The number of nitro groups is 1. The van der Waals surface area contributed by atoms with Crippen molar-refractivity contribution in [3.8, 4) is 0 Å². The molecular formula is C23H26Cl2N6O4S. The van der Waals surface area contributed by atoms with Crippen molar-refractivity contribution in [2.75, 3.05) is 13.1 Å². The Balaban J connectivity index is 0.000000255. The van der Waals surface area contributed by atoms with Crippen LogP contribution in [0.1, 0.15) is 30.1 Å². The van der Waals surface area contributed by atoms with E-state index < -0.39 is 5.91 Å². The van der Waals surface area contributed by atoms with Gasteiger partial charge in [0.15, 0.2) is 0 Å². The van der Waals surface area contributed by atoms with Crippen LogP contribution in [0.25, 0.3) is 0 Å². The van der Waals surface area contributed by atoms with E-state index in [4.69, 9.17) is 34.3 Å². The molecule has 0 unspecified atom stereocenters.